The summed E-state index contributed by atoms with van der Waals surface area (Å²) in [7, 11) is 1.61. The minimum absolute atomic E-state index is 0.109. The number of hydrogen-bond donors (Lipinski definition) is 0. The topological polar surface area (TPSA) is 39.2 Å². The van der Waals surface area contributed by atoms with E-state index in [1.807, 2.05) is 54.6 Å². The molecule has 0 aliphatic rings. The zero-order valence-corrected chi connectivity index (χ0v) is 17.4. The molecule has 0 aliphatic carbocycles. The molecule has 0 aliphatic heterocycles. The maximum absolute atomic E-state index is 13.3. The molecule has 1 aromatic heterocycles. The van der Waals surface area contributed by atoms with Gasteiger partial charge in [0.1, 0.15) is 10.8 Å². The molecule has 0 saturated carbocycles. The van der Waals surface area contributed by atoms with Crippen LogP contribution < -0.4 is 4.74 Å². The van der Waals surface area contributed by atoms with Crippen LogP contribution in [0.3, 0.4) is 0 Å². The van der Waals surface area contributed by atoms with Gasteiger partial charge in [-0.2, -0.15) is 0 Å². The molecule has 4 aromatic rings. The summed E-state index contributed by atoms with van der Waals surface area (Å²) in [4.78, 5) is 18.1. The van der Waals surface area contributed by atoms with Crippen molar-refractivity contribution in [2.75, 3.05) is 7.11 Å². The van der Waals surface area contributed by atoms with Crippen LogP contribution in [0.15, 0.2) is 72.8 Å². The Bertz CT molecular complexity index is 1120. The maximum atomic E-state index is 13.3. The van der Waals surface area contributed by atoms with Crippen molar-refractivity contribution in [2.45, 2.75) is 19.8 Å². The molecule has 0 spiro atoms. The van der Waals surface area contributed by atoms with Crippen molar-refractivity contribution in [3.63, 3.8) is 0 Å². The average molecular weight is 402 g/mol. The van der Waals surface area contributed by atoms with Crippen LogP contribution in [0, 0.1) is 5.92 Å². The lowest BCUT2D eigenvalue weighted by atomic mass is 9.87. The molecule has 0 fully saturated rings. The Morgan fingerprint density at radius 1 is 1.00 bits per heavy atom. The number of para-hydroxylation sites is 2. The third kappa shape index (κ3) is 3.94. The fourth-order valence-corrected chi connectivity index (χ4v) is 4.68. The Kier molecular flexibility index (Phi) is 5.72. The molecule has 3 aromatic carbocycles. The van der Waals surface area contributed by atoms with Gasteiger partial charge in [0.25, 0.3) is 0 Å². The highest BCUT2D eigenvalue weighted by Gasteiger charge is 2.23. The minimum atomic E-state index is -0.109. The third-order valence-corrected chi connectivity index (χ3v) is 6.31. The molecule has 1 heterocycles. The molecule has 4 rings (SSSR count). The van der Waals surface area contributed by atoms with Gasteiger partial charge in [-0.05, 0) is 42.7 Å². The Balaban J connectivity index is 1.67. The first kappa shape index (κ1) is 19.3. The van der Waals surface area contributed by atoms with Gasteiger partial charge in [0.05, 0.1) is 22.9 Å². The molecule has 0 saturated heterocycles. The van der Waals surface area contributed by atoms with E-state index in [0.29, 0.717) is 17.7 Å². The quantitative estimate of drug-likeness (QED) is 0.335. The number of Topliss-reactive ketones (excluding diaryl/α,β-unsaturated/α-hetero) is 1. The second-order valence-corrected chi connectivity index (χ2v) is 8.05. The van der Waals surface area contributed by atoms with Crippen molar-refractivity contribution < 1.29 is 9.53 Å². The SMILES string of the molecule is CCC(Cc1ccccc1-c1nc2ccccc2s1)C(=O)c1ccccc1OC. The first-order chi connectivity index (χ1) is 14.2. The lowest BCUT2D eigenvalue weighted by molar-refractivity contribution is 0.0913. The summed E-state index contributed by atoms with van der Waals surface area (Å²) in [5, 5.41) is 1.00. The normalized spacial score (nSPS) is 12.1. The number of hydrogen-bond acceptors (Lipinski definition) is 4. The number of benzene rings is 3. The van der Waals surface area contributed by atoms with E-state index in [1.54, 1.807) is 18.4 Å². The van der Waals surface area contributed by atoms with E-state index in [2.05, 4.69) is 25.1 Å². The molecule has 29 heavy (non-hydrogen) atoms. The molecule has 0 amide bonds. The zero-order valence-electron chi connectivity index (χ0n) is 16.6. The fourth-order valence-electron chi connectivity index (χ4n) is 3.65. The predicted octanol–water partition coefficient (Wildman–Crippen LogP) is 6.42. The number of ether oxygens (including phenoxy) is 1. The number of rotatable bonds is 7. The molecule has 0 bridgehead atoms. The third-order valence-electron chi connectivity index (χ3n) is 5.24. The van der Waals surface area contributed by atoms with Crippen LogP contribution in [0.4, 0.5) is 0 Å². The van der Waals surface area contributed by atoms with Crippen molar-refractivity contribution in [3.8, 4) is 16.3 Å². The van der Waals surface area contributed by atoms with Gasteiger partial charge in [-0.25, -0.2) is 4.98 Å². The minimum Gasteiger partial charge on any atom is -0.496 e. The van der Waals surface area contributed by atoms with Gasteiger partial charge < -0.3 is 4.74 Å². The van der Waals surface area contributed by atoms with Crippen LogP contribution in [-0.4, -0.2) is 17.9 Å². The maximum Gasteiger partial charge on any atom is 0.169 e. The first-order valence-electron chi connectivity index (χ1n) is 9.82. The number of nitrogens with zero attached hydrogens (tertiary/aromatic N) is 1. The van der Waals surface area contributed by atoms with E-state index >= 15 is 0 Å². The number of thiazole rings is 1. The van der Waals surface area contributed by atoms with Crippen LogP contribution in [0.25, 0.3) is 20.8 Å². The fraction of sp³-hybridized carbons (Fsp3) is 0.200. The highest BCUT2D eigenvalue weighted by Crippen LogP contribution is 2.34. The van der Waals surface area contributed by atoms with Crippen LogP contribution >= 0.6 is 11.3 Å². The summed E-state index contributed by atoms with van der Waals surface area (Å²) < 4.78 is 6.58. The number of fused-ring (bicyclic) bond motifs is 1. The number of aromatic nitrogens is 1. The van der Waals surface area contributed by atoms with E-state index in [-0.39, 0.29) is 11.7 Å². The summed E-state index contributed by atoms with van der Waals surface area (Å²) in [5.74, 6) is 0.654. The predicted molar refractivity (Wildman–Crippen MR) is 120 cm³/mol. The van der Waals surface area contributed by atoms with E-state index < -0.39 is 0 Å². The molecule has 3 nitrogen and oxygen atoms in total. The number of methoxy groups -OCH3 is 1. The second-order valence-electron chi connectivity index (χ2n) is 7.02. The summed E-state index contributed by atoms with van der Waals surface area (Å²) in [6, 6.07) is 23.9. The summed E-state index contributed by atoms with van der Waals surface area (Å²) in [5.41, 5.74) is 3.93. The first-order valence-corrected chi connectivity index (χ1v) is 10.6. The van der Waals surface area contributed by atoms with E-state index in [0.717, 1.165) is 28.1 Å². The Morgan fingerprint density at radius 2 is 1.72 bits per heavy atom. The van der Waals surface area contributed by atoms with Crippen molar-refractivity contribution >= 4 is 27.3 Å². The zero-order chi connectivity index (χ0) is 20.2. The van der Waals surface area contributed by atoms with E-state index in [1.165, 1.54) is 4.70 Å². The molecule has 0 N–H and O–H groups in total. The van der Waals surface area contributed by atoms with Gasteiger partial charge in [0.2, 0.25) is 0 Å². The lowest BCUT2D eigenvalue weighted by Gasteiger charge is -2.17. The van der Waals surface area contributed by atoms with Gasteiger partial charge in [0.15, 0.2) is 5.78 Å². The van der Waals surface area contributed by atoms with E-state index in [9.17, 15) is 4.79 Å². The standard InChI is InChI=1S/C25H23NO2S/c1-3-17(24(27)20-12-6-8-14-22(20)28-2)16-18-10-4-5-11-19(18)25-26-21-13-7-9-15-23(21)29-25/h4-15,17H,3,16H2,1-2H3. The molecule has 4 heteroatoms. The molecular weight excluding hydrogens is 378 g/mol. The second kappa shape index (κ2) is 8.58. The van der Waals surface area contributed by atoms with Crippen LogP contribution in [0.2, 0.25) is 0 Å². The molecule has 146 valence electrons. The summed E-state index contributed by atoms with van der Waals surface area (Å²) in [6.07, 6.45) is 1.45. The summed E-state index contributed by atoms with van der Waals surface area (Å²) in [6.45, 7) is 2.07. The average Bonchev–Trinajstić information content (AvgIpc) is 3.21. The van der Waals surface area contributed by atoms with Gasteiger partial charge in [-0.15, -0.1) is 11.3 Å². The van der Waals surface area contributed by atoms with Crippen LogP contribution in [0.1, 0.15) is 29.3 Å². The van der Waals surface area contributed by atoms with Crippen molar-refractivity contribution in [1.29, 1.82) is 0 Å². The van der Waals surface area contributed by atoms with Crippen LogP contribution in [-0.2, 0) is 6.42 Å². The van der Waals surface area contributed by atoms with Crippen molar-refractivity contribution in [3.05, 3.63) is 83.9 Å². The number of carbonyl (C=O) groups excluding carboxylic acids is 1. The number of carbonyl (C=O) groups is 1. The smallest absolute Gasteiger partial charge is 0.169 e. The van der Waals surface area contributed by atoms with Crippen LogP contribution in [0.5, 0.6) is 5.75 Å². The monoisotopic (exact) mass is 401 g/mol. The lowest BCUT2D eigenvalue weighted by Crippen LogP contribution is -2.18. The molecule has 1 unspecified atom stereocenters. The van der Waals surface area contributed by atoms with Gasteiger partial charge in [0, 0.05) is 11.5 Å². The Labute approximate surface area is 175 Å². The molecule has 1 atom stereocenters. The summed E-state index contributed by atoms with van der Waals surface area (Å²) >= 11 is 1.69. The Morgan fingerprint density at radius 3 is 2.52 bits per heavy atom. The highest BCUT2D eigenvalue weighted by atomic mass is 32.1. The molecular formula is C25H23NO2S. The van der Waals surface area contributed by atoms with E-state index in [4.69, 9.17) is 9.72 Å². The molecule has 0 radical (unpaired) electrons. The number of ketones is 1. The van der Waals surface area contributed by atoms with Gasteiger partial charge >= 0.3 is 0 Å². The van der Waals surface area contributed by atoms with Crippen molar-refractivity contribution in [1.82, 2.24) is 4.98 Å². The highest BCUT2D eigenvalue weighted by molar-refractivity contribution is 7.21. The Hall–Kier alpha value is -2.98. The van der Waals surface area contributed by atoms with Gasteiger partial charge in [-0.3, -0.25) is 4.79 Å². The van der Waals surface area contributed by atoms with Crippen molar-refractivity contribution in [2.24, 2.45) is 5.92 Å². The largest absolute Gasteiger partial charge is 0.496 e. The van der Waals surface area contributed by atoms with Gasteiger partial charge in [-0.1, -0.05) is 55.5 Å².